The molecule has 0 atom stereocenters. The lowest BCUT2D eigenvalue weighted by Gasteiger charge is -1.99. The Morgan fingerprint density at radius 2 is 1.05 bits per heavy atom. The van der Waals surface area contributed by atoms with E-state index in [-0.39, 0.29) is 0 Å². The van der Waals surface area contributed by atoms with Crippen LogP contribution >= 0.6 is 0 Å². The van der Waals surface area contributed by atoms with Gasteiger partial charge in [0.15, 0.2) is 0 Å². The third-order valence-corrected chi connectivity index (χ3v) is 2.55. The highest BCUT2D eigenvalue weighted by molar-refractivity contribution is 6.01. The quantitative estimate of drug-likeness (QED) is 0.485. The maximum Gasteiger partial charge on any atom is 0.0673 e. The molecular formula is C16H18N4. The topological polar surface area (TPSA) is 50.5 Å². The Balaban J connectivity index is 0.000000956. The fourth-order valence-electron chi connectivity index (χ4n) is 1.45. The molecule has 0 aliphatic heterocycles. The van der Waals surface area contributed by atoms with E-state index >= 15 is 0 Å². The molecule has 2 heterocycles. The van der Waals surface area contributed by atoms with Crippen LogP contribution in [0.1, 0.15) is 25.0 Å². The second-order valence-corrected chi connectivity index (χ2v) is 3.84. The molecule has 0 fully saturated rings. The van der Waals surface area contributed by atoms with E-state index in [1.54, 1.807) is 24.8 Å². The van der Waals surface area contributed by atoms with Gasteiger partial charge in [0.1, 0.15) is 0 Å². The summed E-state index contributed by atoms with van der Waals surface area (Å²) < 4.78 is 0. The molecule has 0 aliphatic rings. The van der Waals surface area contributed by atoms with Gasteiger partial charge in [0.2, 0.25) is 0 Å². The lowest BCUT2D eigenvalue weighted by Crippen LogP contribution is -1.97. The summed E-state index contributed by atoms with van der Waals surface area (Å²) >= 11 is 0. The van der Waals surface area contributed by atoms with Crippen LogP contribution in [0.4, 0.5) is 0 Å². The molecule has 20 heavy (non-hydrogen) atoms. The first-order chi connectivity index (χ1) is 9.77. The molecule has 102 valence electrons. The highest BCUT2D eigenvalue weighted by Crippen LogP contribution is 2.02. The van der Waals surface area contributed by atoms with Crippen molar-refractivity contribution in [2.75, 3.05) is 0 Å². The van der Waals surface area contributed by atoms with Crippen LogP contribution in [0.15, 0.2) is 72.4 Å². The smallest absolute Gasteiger partial charge is 0.0673 e. The summed E-state index contributed by atoms with van der Waals surface area (Å²) in [5.74, 6) is 0. The molecule has 2 aromatic heterocycles. The van der Waals surface area contributed by atoms with Gasteiger partial charge in [0.05, 0.1) is 11.4 Å². The van der Waals surface area contributed by atoms with Crippen molar-refractivity contribution in [3.8, 4) is 0 Å². The van der Waals surface area contributed by atoms with Gasteiger partial charge in [-0.15, -0.1) is 13.2 Å². The summed E-state index contributed by atoms with van der Waals surface area (Å²) in [6.07, 6.45) is 6.98. The Labute approximate surface area is 119 Å². The van der Waals surface area contributed by atoms with Crippen molar-refractivity contribution in [2.24, 2.45) is 10.2 Å². The average Bonchev–Trinajstić information content (AvgIpc) is 2.55. The number of aromatic nitrogens is 2. The van der Waals surface area contributed by atoms with Gasteiger partial charge in [-0.05, 0) is 38.1 Å². The molecule has 0 saturated carbocycles. The van der Waals surface area contributed by atoms with Crippen molar-refractivity contribution in [1.29, 1.82) is 0 Å². The van der Waals surface area contributed by atoms with E-state index in [4.69, 9.17) is 0 Å². The Hall–Kier alpha value is -2.62. The van der Waals surface area contributed by atoms with Crippen LogP contribution in [0.3, 0.4) is 0 Å². The molecule has 0 spiro atoms. The van der Waals surface area contributed by atoms with Gasteiger partial charge in [-0.3, -0.25) is 9.97 Å². The molecule has 2 rings (SSSR count). The molecule has 0 saturated heterocycles. The van der Waals surface area contributed by atoms with Crippen molar-refractivity contribution >= 4 is 11.4 Å². The van der Waals surface area contributed by atoms with E-state index in [9.17, 15) is 0 Å². The van der Waals surface area contributed by atoms with Crippen LogP contribution in [-0.4, -0.2) is 21.4 Å². The van der Waals surface area contributed by atoms with Crippen molar-refractivity contribution < 1.29 is 0 Å². The van der Waals surface area contributed by atoms with Crippen molar-refractivity contribution in [1.82, 2.24) is 9.97 Å². The number of hydrogen-bond acceptors (Lipinski definition) is 4. The van der Waals surface area contributed by atoms with E-state index in [1.165, 1.54) is 0 Å². The molecule has 2 aromatic rings. The van der Waals surface area contributed by atoms with Gasteiger partial charge in [-0.25, -0.2) is 0 Å². The van der Waals surface area contributed by atoms with E-state index < -0.39 is 0 Å². The monoisotopic (exact) mass is 266 g/mol. The summed E-state index contributed by atoms with van der Waals surface area (Å²) in [6, 6.07) is 7.65. The molecule has 0 N–H and O–H groups in total. The summed E-state index contributed by atoms with van der Waals surface area (Å²) in [4.78, 5) is 7.95. The van der Waals surface area contributed by atoms with Crippen molar-refractivity contribution in [3.63, 3.8) is 0 Å². The van der Waals surface area contributed by atoms with E-state index in [0.29, 0.717) is 0 Å². The molecule has 0 unspecified atom stereocenters. The zero-order valence-corrected chi connectivity index (χ0v) is 11.8. The summed E-state index contributed by atoms with van der Waals surface area (Å²) in [6.45, 7) is 9.86. The predicted octanol–water partition coefficient (Wildman–Crippen LogP) is 3.51. The van der Waals surface area contributed by atoms with E-state index in [1.807, 2.05) is 38.1 Å². The molecular weight excluding hydrogens is 248 g/mol. The Morgan fingerprint density at radius 3 is 1.35 bits per heavy atom. The summed E-state index contributed by atoms with van der Waals surface area (Å²) in [5.41, 5.74) is 3.78. The maximum absolute atomic E-state index is 4.23. The largest absolute Gasteiger partial charge is 0.265 e. The number of pyridine rings is 2. The van der Waals surface area contributed by atoms with Crippen molar-refractivity contribution in [2.45, 2.75) is 13.8 Å². The second-order valence-electron chi connectivity index (χ2n) is 3.84. The van der Waals surface area contributed by atoms with E-state index in [0.717, 1.165) is 22.6 Å². The van der Waals surface area contributed by atoms with E-state index in [2.05, 4.69) is 33.3 Å². The average molecular weight is 266 g/mol. The minimum atomic E-state index is 0.866. The van der Waals surface area contributed by atoms with Crippen LogP contribution in [-0.2, 0) is 0 Å². The van der Waals surface area contributed by atoms with Crippen LogP contribution in [0.2, 0.25) is 0 Å². The molecule has 0 aliphatic carbocycles. The van der Waals surface area contributed by atoms with Crippen LogP contribution in [0.5, 0.6) is 0 Å². The molecule has 4 heteroatoms. The molecule has 0 aromatic carbocycles. The van der Waals surface area contributed by atoms with Gasteiger partial charge in [0.25, 0.3) is 0 Å². The van der Waals surface area contributed by atoms with Crippen LogP contribution < -0.4 is 0 Å². The van der Waals surface area contributed by atoms with Crippen molar-refractivity contribution in [3.05, 3.63) is 73.3 Å². The van der Waals surface area contributed by atoms with Gasteiger partial charge >= 0.3 is 0 Å². The standard InChI is InChI=1S/C14H14N4.C2H4/c1-11(13-3-7-15-8-4-13)17-18-12(2)14-5-9-16-10-6-14;1-2/h3-10H,1-2H3;1-2H2/b17-11+,18-12+;. The second kappa shape index (κ2) is 8.48. The molecule has 0 radical (unpaired) electrons. The lowest BCUT2D eigenvalue weighted by molar-refractivity contribution is 1.21. The normalized spacial score (nSPS) is 11.5. The first-order valence-corrected chi connectivity index (χ1v) is 6.17. The van der Waals surface area contributed by atoms with Gasteiger partial charge < -0.3 is 0 Å². The minimum Gasteiger partial charge on any atom is -0.265 e. The zero-order chi connectivity index (χ0) is 14.8. The fourth-order valence-corrected chi connectivity index (χ4v) is 1.45. The Bertz CT molecular complexity index is 520. The first kappa shape index (κ1) is 15.4. The SMILES string of the molecule is C/C(=N\N=C(/C)c1ccncc1)c1ccncc1.C=C. The summed E-state index contributed by atoms with van der Waals surface area (Å²) in [5, 5.41) is 8.45. The third kappa shape index (κ3) is 4.57. The third-order valence-electron chi connectivity index (χ3n) is 2.55. The van der Waals surface area contributed by atoms with Crippen LogP contribution in [0.25, 0.3) is 0 Å². The number of hydrogen-bond donors (Lipinski definition) is 0. The van der Waals surface area contributed by atoms with Gasteiger partial charge in [0, 0.05) is 35.9 Å². The predicted molar refractivity (Wildman–Crippen MR) is 84.2 cm³/mol. The molecule has 4 nitrogen and oxygen atoms in total. The molecule has 0 bridgehead atoms. The minimum absolute atomic E-state index is 0.866. The lowest BCUT2D eigenvalue weighted by atomic mass is 10.2. The highest BCUT2D eigenvalue weighted by Gasteiger charge is 1.97. The van der Waals surface area contributed by atoms with Gasteiger partial charge in [-0.2, -0.15) is 10.2 Å². The Morgan fingerprint density at radius 1 is 0.750 bits per heavy atom. The highest BCUT2D eigenvalue weighted by atomic mass is 15.2. The fraction of sp³-hybridized carbons (Fsp3) is 0.125. The zero-order valence-electron chi connectivity index (χ0n) is 11.8. The maximum atomic E-state index is 4.23. The first-order valence-electron chi connectivity index (χ1n) is 6.17. The number of nitrogens with zero attached hydrogens (tertiary/aromatic N) is 4. The molecule has 0 amide bonds. The number of rotatable bonds is 3. The Kier molecular flexibility index (Phi) is 6.54. The summed E-state index contributed by atoms with van der Waals surface area (Å²) in [7, 11) is 0. The van der Waals surface area contributed by atoms with Gasteiger partial charge in [-0.1, -0.05) is 0 Å². The van der Waals surface area contributed by atoms with Crippen LogP contribution in [0, 0.1) is 0 Å².